The molecule has 2 heterocycles. The van der Waals surface area contributed by atoms with Gasteiger partial charge in [0.05, 0.1) is 19.3 Å². The number of rotatable bonds is 3. The van der Waals surface area contributed by atoms with Crippen LogP contribution in [0.3, 0.4) is 0 Å². The van der Waals surface area contributed by atoms with E-state index >= 15 is 0 Å². The van der Waals surface area contributed by atoms with Gasteiger partial charge in [0.15, 0.2) is 0 Å². The van der Waals surface area contributed by atoms with Crippen LogP contribution in [0.2, 0.25) is 0 Å². The first kappa shape index (κ1) is 12.3. The third kappa shape index (κ3) is 2.66. The fourth-order valence-electron chi connectivity index (χ4n) is 2.56. The Hall–Kier alpha value is -1.75. The van der Waals surface area contributed by atoms with Crippen LogP contribution in [0.1, 0.15) is 0 Å². The Labute approximate surface area is 112 Å². The topological polar surface area (TPSA) is 64.5 Å². The molecule has 0 saturated carbocycles. The van der Waals surface area contributed by atoms with E-state index in [0.717, 1.165) is 39.4 Å². The molecule has 0 bridgehead atoms. The second kappa shape index (κ2) is 5.48. The van der Waals surface area contributed by atoms with Crippen molar-refractivity contribution in [1.82, 2.24) is 4.90 Å². The monoisotopic (exact) mass is 259 g/mol. The van der Waals surface area contributed by atoms with Crippen LogP contribution < -0.4 is 4.90 Å². The van der Waals surface area contributed by atoms with Crippen LogP contribution in [0.4, 0.5) is 11.4 Å². The van der Waals surface area contributed by atoms with Gasteiger partial charge >= 0.3 is 0 Å². The normalized spacial score (nSPS) is 20.7. The molecule has 1 aromatic rings. The highest BCUT2D eigenvalue weighted by Crippen LogP contribution is 2.22. The lowest BCUT2D eigenvalue weighted by atomic mass is 10.1. The standard InChI is InChI=1S/C13H17N5O/c14-16-15-11-1-3-12(4-2-11)17-5-7-18(8-6-17)13-9-19-10-13/h1-4,13H,5-10H2. The van der Waals surface area contributed by atoms with E-state index in [1.807, 2.05) is 24.3 Å². The van der Waals surface area contributed by atoms with Crippen molar-refractivity contribution >= 4 is 11.4 Å². The highest BCUT2D eigenvalue weighted by atomic mass is 16.5. The number of hydrogen-bond acceptors (Lipinski definition) is 4. The lowest BCUT2D eigenvalue weighted by Crippen LogP contribution is -2.56. The maximum Gasteiger partial charge on any atom is 0.0645 e. The molecule has 0 aromatic heterocycles. The molecular formula is C13H17N5O. The highest BCUT2D eigenvalue weighted by Gasteiger charge is 2.28. The number of azide groups is 1. The Morgan fingerprint density at radius 2 is 1.79 bits per heavy atom. The van der Waals surface area contributed by atoms with Gasteiger partial charge in [-0.05, 0) is 17.7 Å². The lowest BCUT2D eigenvalue weighted by molar-refractivity contribution is -0.0660. The maximum atomic E-state index is 8.38. The Kier molecular flexibility index (Phi) is 3.55. The van der Waals surface area contributed by atoms with Gasteiger partial charge in [-0.25, -0.2) is 0 Å². The van der Waals surface area contributed by atoms with Crippen LogP contribution >= 0.6 is 0 Å². The molecule has 1 aromatic carbocycles. The van der Waals surface area contributed by atoms with E-state index in [4.69, 9.17) is 10.3 Å². The summed E-state index contributed by atoms with van der Waals surface area (Å²) in [6, 6.07) is 8.40. The zero-order chi connectivity index (χ0) is 13.1. The molecule has 0 unspecified atom stereocenters. The average molecular weight is 259 g/mol. The van der Waals surface area contributed by atoms with E-state index in [2.05, 4.69) is 19.8 Å². The van der Waals surface area contributed by atoms with Crippen LogP contribution in [0.15, 0.2) is 29.4 Å². The highest BCUT2D eigenvalue weighted by molar-refractivity contribution is 5.53. The number of nitrogens with zero attached hydrogens (tertiary/aromatic N) is 5. The van der Waals surface area contributed by atoms with Gasteiger partial charge in [-0.15, -0.1) is 0 Å². The number of piperazine rings is 1. The Balaban J connectivity index is 1.59. The lowest BCUT2D eigenvalue weighted by Gasteiger charge is -2.43. The van der Waals surface area contributed by atoms with E-state index in [-0.39, 0.29) is 0 Å². The van der Waals surface area contributed by atoms with Crippen molar-refractivity contribution in [3.63, 3.8) is 0 Å². The quantitative estimate of drug-likeness (QED) is 0.474. The Morgan fingerprint density at radius 1 is 1.11 bits per heavy atom. The van der Waals surface area contributed by atoms with Gasteiger partial charge in [-0.1, -0.05) is 17.2 Å². The van der Waals surface area contributed by atoms with Crippen LogP contribution in [-0.2, 0) is 4.74 Å². The van der Waals surface area contributed by atoms with E-state index in [9.17, 15) is 0 Å². The molecule has 6 nitrogen and oxygen atoms in total. The first-order valence-electron chi connectivity index (χ1n) is 6.59. The van der Waals surface area contributed by atoms with Crippen molar-refractivity contribution in [2.45, 2.75) is 6.04 Å². The van der Waals surface area contributed by atoms with Crippen molar-refractivity contribution < 1.29 is 4.74 Å². The first-order valence-corrected chi connectivity index (χ1v) is 6.59. The van der Waals surface area contributed by atoms with E-state index in [1.54, 1.807) is 0 Å². The minimum atomic E-state index is 0.634. The molecule has 2 fully saturated rings. The third-order valence-electron chi connectivity index (χ3n) is 3.83. The summed E-state index contributed by atoms with van der Waals surface area (Å²) in [6.07, 6.45) is 0. The van der Waals surface area contributed by atoms with Crippen LogP contribution in [0.5, 0.6) is 0 Å². The molecule has 0 radical (unpaired) electrons. The van der Waals surface area contributed by atoms with Crippen LogP contribution in [0, 0.1) is 0 Å². The molecular weight excluding hydrogens is 242 g/mol. The first-order chi connectivity index (χ1) is 9.36. The SMILES string of the molecule is [N-]=[N+]=Nc1ccc(N2CCN(C3COC3)CC2)cc1. The second-order valence-electron chi connectivity index (χ2n) is 4.92. The summed E-state index contributed by atoms with van der Waals surface area (Å²) in [5, 5.41) is 3.59. The van der Waals surface area contributed by atoms with Crippen molar-refractivity contribution in [2.75, 3.05) is 44.3 Å². The molecule has 2 saturated heterocycles. The maximum absolute atomic E-state index is 8.38. The minimum Gasteiger partial charge on any atom is -0.378 e. The molecule has 0 amide bonds. The molecule has 0 atom stereocenters. The average Bonchev–Trinajstić information content (AvgIpc) is 2.39. The van der Waals surface area contributed by atoms with Gasteiger partial charge in [0, 0.05) is 42.5 Å². The Bertz CT molecular complexity index is 470. The molecule has 2 aliphatic heterocycles. The van der Waals surface area contributed by atoms with E-state index in [0.29, 0.717) is 11.7 Å². The molecule has 0 spiro atoms. The third-order valence-corrected chi connectivity index (χ3v) is 3.83. The summed E-state index contributed by atoms with van der Waals surface area (Å²) in [5.41, 5.74) is 10.2. The molecule has 2 aliphatic rings. The molecule has 0 N–H and O–H groups in total. The number of hydrogen-bond donors (Lipinski definition) is 0. The molecule has 0 aliphatic carbocycles. The zero-order valence-electron chi connectivity index (χ0n) is 10.8. The summed E-state index contributed by atoms with van der Waals surface area (Å²) in [4.78, 5) is 7.67. The minimum absolute atomic E-state index is 0.634. The fourth-order valence-corrected chi connectivity index (χ4v) is 2.56. The number of ether oxygens (including phenoxy) is 1. The summed E-state index contributed by atoms with van der Waals surface area (Å²) in [6.45, 7) is 6.04. The van der Waals surface area contributed by atoms with Gasteiger partial charge in [0.2, 0.25) is 0 Å². The predicted octanol–water partition coefficient (Wildman–Crippen LogP) is 2.15. The largest absolute Gasteiger partial charge is 0.378 e. The second-order valence-corrected chi connectivity index (χ2v) is 4.92. The predicted molar refractivity (Wildman–Crippen MR) is 73.6 cm³/mol. The summed E-state index contributed by atoms with van der Waals surface area (Å²) < 4.78 is 5.24. The van der Waals surface area contributed by atoms with Gasteiger partial charge in [0.25, 0.3) is 0 Å². The Morgan fingerprint density at radius 3 is 2.32 bits per heavy atom. The number of anilines is 1. The summed E-state index contributed by atoms with van der Waals surface area (Å²) >= 11 is 0. The van der Waals surface area contributed by atoms with E-state index < -0.39 is 0 Å². The number of benzene rings is 1. The van der Waals surface area contributed by atoms with Crippen molar-refractivity contribution in [3.8, 4) is 0 Å². The van der Waals surface area contributed by atoms with Gasteiger partial charge in [0.1, 0.15) is 0 Å². The van der Waals surface area contributed by atoms with Crippen molar-refractivity contribution in [2.24, 2.45) is 5.11 Å². The summed E-state index contributed by atoms with van der Waals surface area (Å²) in [5.74, 6) is 0. The zero-order valence-corrected chi connectivity index (χ0v) is 10.8. The fraction of sp³-hybridized carbons (Fsp3) is 0.538. The van der Waals surface area contributed by atoms with Gasteiger partial charge in [-0.2, -0.15) is 0 Å². The molecule has 6 heteroatoms. The van der Waals surface area contributed by atoms with Crippen molar-refractivity contribution in [1.29, 1.82) is 0 Å². The summed E-state index contributed by atoms with van der Waals surface area (Å²) in [7, 11) is 0. The van der Waals surface area contributed by atoms with Crippen molar-refractivity contribution in [3.05, 3.63) is 34.7 Å². The van der Waals surface area contributed by atoms with Crippen LogP contribution in [0.25, 0.3) is 10.4 Å². The van der Waals surface area contributed by atoms with Gasteiger partial charge in [-0.3, -0.25) is 4.90 Å². The molecule has 100 valence electrons. The smallest absolute Gasteiger partial charge is 0.0645 e. The van der Waals surface area contributed by atoms with E-state index in [1.165, 1.54) is 5.69 Å². The van der Waals surface area contributed by atoms with Crippen LogP contribution in [-0.4, -0.2) is 50.3 Å². The van der Waals surface area contributed by atoms with Gasteiger partial charge < -0.3 is 9.64 Å². The molecule has 3 rings (SSSR count). The molecule has 19 heavy (non-hydrogen) atoms.